The summed E-state index contributed by atoms with van der Waals surface area (Å²) in [5, 5.41) is 0. The van der Waals surface area contributed by atoms with Crippen LogP contribution in [-0.4, -0.2) is 18.0 Å². The first-order valence-electron chi connectivity index (χ1n) is 5.62. The van der Waals surface area contributed by atoms with Crippen molar-refractivity contribution in [2.75, 3.05) is 13.2 Å². The lowest BCUT2D eigenvalue weighted by Crippen LogP contribution is -2.26. The zero-order valence-corrected chi connectivity index (χ0v) is 10.4. The van der Waals surface area contributed by atoms with Gasteiger partial charge in [0.05, 0.1) is 6.61 Å². The maximum absolute atomic E-state index is 5.51. The van der Waals surface area contributed by atoms with Gasteiger partial charge in [0.1, 0.15) is 0 Å². The van der Waals surface area contributed by atoms with E-state index in [2.05, 4.69) is 46.3 Å². The fourth-order valence-electron chi connectivity index (χ4n) is 2.06. The maximum atomic E-state index is 5.51. The molecule has 0 N–H and O–H groups in total. The lowest BCUT2D eigenvalue weighted by atomic mass is 9.94. The predicted molar refractivity (Wildman–Crippen MR) is 66.4 cm³/mol. The van der Waals surface area contributed by atoms with Crippen molar-refractivity contribution in [2.24, 2.45) is 5.92 Å². The normalized spacial score (nSPS) is 23.7. The van der Waals surface area contributed by atoms with E-state index in [0.717, 1.165) is 19.6 Å². The van der Waals surface area contributed by atoms with Gasteiger partial charge in [-0.25, -0.2) is 0 Å². The molecule has 1 aromatic rings. The monoisotopic (exact) mass is 268 g/mol. The van der Waals surface area contributed by atoms with Crippen LogP contribution in [0.5, 0.6) is 0 Å². The van der Waals surface area contributed by atoms with E-state index in [1.807, 2.05) is 0 Å². The van der Waals surface area contributed by atoms with Gasteiger partial charge in [0.2, 0.25) is 0 Å². The Labute approximate surface area is 100.0 Å². The van der Waals surface area contributed by atoms with Crippen LogP contribution in [0.25, 0.3) is 0 Å². The van der Waals surface area contributed by atoms with Crippen LogP contribution in [0.15, 0.2) is 30.3 Å². The summed E-state index contributed by atoms with van der Waals surface area (Å²) in [6.07, 6.45) is 3.61. The molecule has 0 spiro atoms. The zero-order valence-electron chi connectivity index (χ0n) is 8.86. The van der Waals surface area contributed by atoms with E-state index < -0.39 is 0 Å². The van der Waals surface area contributed by atoms with Gasteiger partial charge < -0.3 is 4.74 Å². The standard InChI is InChI=1S/C13H17BrO/c14-13(12-7-4-8-15-10-12)9-11-5-2-1-3-6-11/h1-3,5-6,12-13H,4,7-10H2. The molecule has 0 aromatic heterocycles. The van der Waals surface area contributed by atoms with Crippen molar-refractivity contribution >= 4 is 15.9 Å². The minimum absolute atomic E-state index is 0.556. The SMILES string of the molecule is BrC(Cc1ccccc1)C1CCCOC1. The van der Waals surface area contributed by atoms with Crippen LogP contribution in [0, 0.1) is 5.92 Å². The number of hydrogen-bond acceptors (Lipinski definition) is 1. The van der Waals surface area contributed by atoms with Gasteiger partial charge in [-0.3, -0.25) is 0 Å². The molecule has 82 valence electrons. The molecule has 1 aliphatic heterocycles. The summed E-state index contributed by atoms with van der Waals surface area (Å²) in [5.74, 6) is 0.680. The summed E-state index contributed by atoms with van der Waals surface area (Å²) < 4.78 is 5.51. The van der Waals surface area contributed by atoms with E-state index in [4.69, 9.17) is 4.74 Å². The quantitative estimate of drug-likeness (QED) is 0.764. The first kappa shape index (κ1) is 11.2. The van der Waals surface area contributed by atoms with Gasteiger partial charge in [-0.15, -0.1) is 0 Å². The van der Waals surface area contributed by atoms with Gasteiger partial charge >= 0.3 is 0 Å². The molecule has 2 atom stereocenters. The highest BCUT2D eigenvalue weighted by Gasteiger charge is 2.21. The highest BCUT2D eigenvalue weighted by atomic mass is 79.9. The number of ether oxygens (including phenoxy) is 1. The molecule has 0 bridgehead atoms. The average molecular weight is 269 g/mol. The van der Waals surface area contributed by atoms with E-state index in [9.17, 15) is 0 Å². The fraction of sp³-hybridized carbons (Fsp3) is 0.538. The minimum atomic E-state index is 0.556. The Hall–Kier alpha value is -0.340. The third-order valence-electron chi connectivity index (χ3n) is 2.98. The van der Waals surface area contributed by atoms with Gasteiger partial charge in [0, 0.05) is 11.4 Å². The number of alkyl halides is 1. The van der Waals surface area contributed by atoms with Crippen LogP contribution in [0.1, 0.15) is 18.4 Å². The van der Waals surface area contributed by atoms with E-state index in [1.54, 1.807) is 0 Å². The molecule has 1 heterocycles. The highest BCUT2D eigenvalue weighted by molar-refractivity contribution is 9.09. The first-order chi connectivity index (χ1) is 7.36. The second-order valence-electron chi connectivity index (χ2n) is 4.18. The van der Waals surface area contributed by atoms with Crippen molar-refractivity contribution in [3.8, 4) is 0 Å². The smallest absolute Gasteiger partial charge is 0.0505 e. The van der Waals surface area contributed by atoms with Gasteiger partial charge in [0.25, 0.3) is 0 Å². The maximum Gasteiger partial charge on any atom is 0.0505 e. The molecule has 1 fully saturated rings. The summed E-state index contributed by atoms with van der Waals surface area (Å²) in [7, 11) is 0. The molecule has 0 saturated carbocycles. The molecule has 2 heteroatoms. The molecular formula is C13H17BrO. The summed E-state index contributed by atoms with van der Waals surface area (Å²) in [6, 6.07) is 10.7. The van der Waals surface area contributed by atoms with Crippen molar-refractivity contribution in [1.29, 1.82) is 0 Å². The van der Waals surface area contributed by atoms with Crippen LogP contribution in [0.3, 0.4) is 0 Å². The third kappa shape index (κ3) is 3.32. The minimum Gasteiger partial charge on any atom is -0.381 e. The molecule has 2 unspecified atom stereocenters. The van der Waals surface area contributed by atoms with Crippen LogP contribution in [0.4, 0.5) is 0 Å². The van der Waals surface area contributed by atoms with Crippen molar-refractivity contribution in [3.63, 3.8) is 0 Å². The number of benzene rings is 1. The van der Waals surface area contributed by atoms with E-state index >= 15 is 0 Å². The average Bonchev–Trinajstić information content (AvgIpc) is 2.31. The molecular weight excluding hydrogens is 252 g/mol. The molecule has 1 nitrogen and oxygen atoms in total. The van der Waals surface area contributed by atoms with Crippen molar-refractivity contribution in [3.05, 3.63) is 35.9 Å². The Bertz CT molecular complexity index is 280. The second-order valence-corrected chi connectivity index (χ2v) is 5.36. The Morgan fingerprint density at radius 2 is 2.13 bits per heavy atom. The van der Waals surface area contributed by atoms with Crippen LogP contribution in [0.2, 0.25) is 0 Å². The topological polar surface area (TPSA) is 9.23 Å². The van der Waals surface area contributed by atoms with E-state index in [0.29, 0.717) is 10.7 Å². The lowest BCUT2D eigenvalue weighted by Gasteiger charge is -2.26. The number of rotatable bonds is 3. The number of hydrogen-bond donors (Lipinski definition) is 0. The molecule has 1 aliphatic rings. The molecule has 1 aromatic carbocycles. The Balaban J connectivity index is 1.88. The fourth-order valence-corrected chi connectivity index (χ4v) is 2.85. The molecule has 0 aliphatic carbocycles. The molecule has 0 radical (unpaired) electrons. The van der Waals surface area contributed by atoms with Gasteiger partial charge in [0.15, 0.2) is 0 Å². The summed E-state index contributed by atoms with van der Waals surface area (Å²) in [4.78, 5) is 0.556. The van der Waals surface area contributed by atoms with E-state index in [1.165, 1.54) is 18.4 Å². The van der Waals surface area contributed by atoms with Crippen molar-refractivity contribution in [1.82, 2.24) is 0 Å². The molecule has 2 rings (SSSR count). The summed E-state index contributed by atoms with van der Waals surface area (Å²) >= 11 is 3.80. The number of halogens is 1. The van der Waals surface area contributed by atoms with Gasteiger partial charge in [-0.2, -0.15) is 0 Å². The van der Waals surface area contributed by atoms with Crippen LogP contribution >= 0.6 is 15.9 Å². The van der Waals surface area contributed by atoms with Gasteiger partial charge in [-0.05, 0) is 30.7 Å². The Morgan fingerprint density at radius 1 is 1.33 bits per heavy atom. The zero-order chi connectivity index (χ0) is 10.5. The Kier molecular flexibility index (Phi) is 4.21. The van der Waals surface area contributed by atoms with Crippen LogP contribution in [-0.2, 0) is 11.2 Å². The highest BCUT2D eigenvalue weighted by Crippen LogP contribution is 2.25. The first-order valence-corrected chi connectivity index (χ1v) is 6.53. The molecule has 0 amide bonds. The summed E-state index contributed by atoms with van der Waals surface area (Å²) in [5.41, 5.74) is 1.41. The predicted octanol–water partition coefficient (Wildman–Crippen LogP) is 3.42. The van der Waals surface area contributed by atoms with Gasteiger partial charge in [-0.1, -0.05) is 46.3 Å². The van der Waals surface area contributed by atoms with Crippen molar-refractivity contribution < 1.29 is 4.74 Å². The molecule has 15 heavy (non-hydrogen) atoms. The third-order valence-corrected chi connectivity index (χ3v) is 4.05. The second kappa shape index (κ2) is 5.66. The van der Waals surface area contributed by atoms with E-state index in [-0.39, 0.29) is 0 Å². The van der Waals surface area contributed by atoms with Crippen LogP contribution < -0.4 is 0 Å². The van der Waals surface area contributed by atoms with Crippen molar-refractivity contribution in [2.45, 2.75) is 24.1 Å². The lowest BCUT2D eigenvalue weighted by molar-refractivity contribution is 0.0547. The largest absolute Gasteiger partial charge is 0.381 e. The summed E-state index contributed by atoms with van der Waals surface area (Å²) in [6.45, 7) is 1.87. The Morgan fingerprint density at radius 3 is 2.80 bits per heavy atom. The molecule has 1 saturated heterocycles.